The molecule has 1 aromatic heterocycles. The molecule has 1 atom stereocenters. The number of rotatable bonds is 7. The second-order valence-corrected chi connectivity index (χ2v) is 7.32. The number of amides is 2. The van der Waals surface area contributed by atoms with Crippen LogP contribution in [0, 0.1) is 10.1 Å². The summed E-state index contributed by atoms with van der Waals surface area (Å²) in [6.07, 6.45) is 1.39. The molecule has 2 aromatic rings. The van der Waals surface area contributed by atoms with Crippen LogP contribution in [-0.4, -0.2) is 46.7 Å². The minimum absolute atomic E-state index is 0.0951. The summed E-state index contributed by atoms with van der Waals surface area (Å²) < 4.78 is 15.8. The van der Waals surface area contributed by atoms with Crippen LogP contribution in [0.5, 0.6) is 5.75 Å². The number of non-ortho nitro benzene ring substituents is 1. The van der Waals surface area contributed by atoms with Crippen LogP contribution in [0.3, 0.4) is 0 Å². The van der Waals surface area contributed by atoms with E-state index in [1.807, 2.05) is 0 Å². The third-order valence-corrected chi connectivity index (χ3v) is 5.28. The normalized spacial score (nSPS) is 16.0. The molecule has 0 radical (unpaired) electrons. The molecule has 0 aliphatic carbocycles. The fraction of sp³-hybridized carbons (Fsp3) is 0.250. The number of methoxy groups -OCH3 is 1. The van der Waals surface area contributed by atoms with Gasteiger partial charge in [0, 0.05) is 12.1 Å². The molecular weight excluding hydrogens is 428 g/mol. The standard InChI is InChI=1S/C20H18N2O8S/c1-4-29-19(24)11(2)21-18(23)17(31-20(21)25)10-13-6-8-15(30-13)14-7-5-12(22(26)27)9-16(14)28-3/h5-11H,4H2,1-3H3/b17-10+/t11-/m0/s1. The van der Waals surface area contributed by atoms with Crippen molar-refractivity contribution in [2.75, 3.05) is 13.7 Å². The Morgan fingerprint density at radius 3 is 2.71 bits per heavy atom. The van der Waals surface area contributed by atoms with Gasteiger partial charge in [-0.1, -0.05) is 0 Å². The summed E-state index contributed by atoms with van der Waals surface area (Å²) >= 11 is 0.689. The molecule has 1 aliphatic heterocycles. The number of carbonyl (C=O) groups is 3. The Balaban J connectivity index is 1.85. The molecule has 162 valence electrons. The number of nitro groups is 1. The minimum atomic E-state index is -1.05. The van der Waals surface area contributed by atoms with Crippen molar-refractivity contribution in [1.29, 1.82) is 0 Å². The zero-order valence-corrected chi connectivity index (χ0v) is 17.6. The Kier molecular flexibility index (Phi) is 6.44. The Labute approximate surface area is 180 Å². The van der Waals surface area contributed by atoms with E-state index >= 15 is 0 Å². The lowest BCUT2D eigenvalue weighted by Gasteiger charge is -2.19. The molecule has 0 N–H and O–H groups in total. The molecule has 3 rings (SSSR count). The lowest BCUT2D eigenvalue weighted by Crippen LogP contribution is -2.42. The largest absolute Gasteiger partial charge is 0.496 e. The average Bonchev–Trinajstić information content (AvgIpc) is 3.31. The monoisotopic (exact) mass is 446 g/mol. The molecule has 2 amide bonds. The molecule has 10 nitrogen and oxygen atoms in total. The van der Waals surface area contributed by atoms with Crippen LogP contribution in [0.15, 0.2) is 39.7 Å². The van der Waals surface area contributed by atoms with Crippen molar-refractivity contribution in [3.63, 3.8) is 0 Å². The lowest BCUT2D eigenvalue weighted by molar-refractivity contribution is -0.384. The molecule has 31 heavy (non-hydrogen) atoms. The van der Waals surface area contributed by atoms with Gasteiger partial charge in [0.05, 0.1) is 35.2 Å². The molecule has 1 aliphatic rings. The molecule has 1 saturated heterocycles. The fourth-order valence-corrected chi connectivity index (χ4v) is 3.77. The van der Waals surface area contributed by atoms with E-state index < -0.39 is 28.1 Å². The summed E-state index contributed by atoms with van der Waals surface area (Å²) in [4.78, 5) is 48.1. The van der Waals surface area contributed by atoms with Gasteiger partial charge in [-0.15, -0.1) is 0 Å². The van der Waals surface area contributed by atoms with Gasteiger partial charge >= 0.3 is 5.97 Å². The molecule has 0 bridgehead atoms. The summed E-state index contributed by atoms with van der Waals surface area (Å²) in [6, 6.07) is 6.24. The molecule has 11 heteroatoms. The zero-order chi connectivity index (χ0) is 22.7. The van der Waals surface area contributed by atoms with E-state index in [9.17, 15) is 24.5 Å². The first-order chi connectivity index (χ1) is 14.8. The number of hydrogen-bond donors (Lipinski definition) is 0. The van der Waals surface area contributed by atoms with Gasteiger partial charge in [0.2, 0.25) is 0 Å². The molecule has 1 fully saturated rings. The van der Waals surface area contributed by atoms with E-state index in [4.69, 9.17) is 13.9 Å². The Morgan fingerprint density at radius 2 is 2.06 bits per heavy atom. The first-order valence-corrected chi connectivity index (χ1v) is 9.94. The third kappa shape index (κ3) is 4.45. The Bertz CT molecular complexity index is 1090. The van der Waals surface area contributed by atoms with Crippen LogP contribution in [0.1, 0.15) is 19.6 Å². The van der Waals surface area contributed by atoms with Gasteiger partial charge in [0.25, 0.3) is 16.8 Å². The van der Waals surface area contributed by atoms with E-state index in [-0.39, 0.29) is 28.7 Å². The van der Waals surface area contributed by atoms with E-state index in [1.54, 1.807) is 19.1 Å². The van der Waals surface area contributed by atoms with Crippen LogP contribution in [0.4, 0.5) is 10.5 Å². The predicted octanol–water partition coefficient (Wildman–Crippen LogP) is 3.85. The van der Waals surface area contributed by atoms with Gasteiger partial charge in [-0.3, -0.25) is 24.6 Å². The number of hydrogen-bond acceptors (Lipinski definition) is 9. The summed E-state index contributed by atoms with van der Waals surface area (Å²) in [5, 5.41) is 10.4. The molecule has 0 spiro atoms. The maximum Gasteiger partial charge on any atom is 0.329 e. The molecule has 2 heterocycles. The number of thioether (sulfide) groups is 1. The quantitative estimate of drug-likeness (QED) is 0.269. The van der Waals surface area contributed by atoms with Crippen LogP contribution in [0.25, 0.3) is 17.4 Å². The number of imide groups is 1. The Morgan fingerprint density at radius 1 is 1.32 bits per heavy atom. The van der Waals surface area contributed by atoms with E-state index in [0.29, 0.717) is 23.1 Å². The van der Waals surface area contributed by atoms with Gasteiger partial charge in [0.15, 0.2) is 0 Å². The van der Waals surface area contributed by atoms with Crippen LogP contribution >= 0.6 is 11.8 Å². The van der Waals surface area contributed by atoms with Crippen molar-refractivity contribution >= 4 is 40.6 Å². The number of esters is 1. The highest BCUT2D eigenvalue weighted by Gasteiger charge is 2.41. The number of nitrogens with zero attached hydrogens (tertiary/aromatic N) is 2. The number of benzene rings is 1. The number of carbonyl (C=O) groups excluding carboxylic acids is 3. The SMILES string of the molecule is CCOC(=O)[C@H](C)N1C(=O)S/C(=C/c2ccc(-c3ccc([N+](=O)[O-])cc3OC)o2)C1=O. The minimum Gasteiger partial charge on any atom is -0.496 e. The Hall–Kier alpha value is -3.60. The average molecular weight is 446 g/mol. The van der Waals surface area contributed by atoms with Crippen molar-refractivity contribution < 1.29 is 33.2 Å². The highest BCUT2D eigenvalue weighted by Crippen LogP contribution is 2.37. The second-order valence-electron chi connectivity index (χ2n) is 6.32. The van der Waals surface area contributed by atoms with Gasteiger partial charge in [-0.05, 0) is 43.8 Å². The number of furan rings is 1. The summed E-state index contributed by atoms with van der Waals surface area (Å²) in [5.41, 5.74) is 0.355. The maximum atomic E-state index is 12.6. The third-order valence-electron chi connectivity index (χ3n) is 4.40. The topological polar surface area (TPSA) is 129 Å². The van der Waals surface area contributed by atoms with Gasteiger partial charge in [0.1, 0.15) is 23.3 Å². The van der Waals surface area contributed by atoms with Gasteiger partial charge < -0.3 is 13.9 Å². The summed E-state index contributed by atoms with van der Waals surface area (Å²) in [5.74, 6) is -0.404. The molecule has 1 aromatic carbocycles. The number of ether oxygens (including phenoxy) is 2. The predicted molar refractivity (Wildman–Crippen MR) is 111 cm³/mol. The van der Waals surface area contributed by atoms with Crippen LogP contribution in [0.2, 0.25) is 0 Å². The summed E-state index contributed by atoms with van der Waals surface area (Å²) in [6.45, 7) is 3.19. The van der Waals surface area contributed by atoms with E-state index in [2.05, 4.69) is 0 Å². The second kappa shape index (κ2) is 9.04. The van der Waals surface area contributed by atoms with Crippen molar-refractivity contribution in [3.05, 3.63) is 51.1 Å². The smallest absolute Gasteiger partial charge is 0.329 e. The highest BCUT2D eigenvalue weighted by atomic mass is 32.2. The fourth-order valence-electron chi connectivity index (χ4n) is 2.88. The van der Waals surface area contributed by atoms with E-state index in [0.717, 1.165) is 4.90 Å². The lowest BCUT2D eigenvalue weighted by atomic mass is 10.1. The maximum absolute atomic E-state index is 12.6. The molecule has 0 unspecified atom stereocenters. The van der Waals surface area contributed by atoms with Crippen molar-refractivity contribution in [3.8, 4) is 17.1 Å². The zero-order valence-electron chi connectivity index (χ0n) is 16.8. The van der Waals surface area contributed by atoms with Gasteiger partial charge in [-0.25, -0.2) is 4.79 Å². The van der Waals surface area contributed by atoms with Crippen LogP contribution in [-0.2, 0) is 14.3 Å². The van der Waals surface area contributed by atoms with Gasteiger partial charge in [-0.2, -0.15) is 0 Å². The first kappa shape index (κ1) is 22.1. The first-order valence-electron chi connectivity index (χ1n) is 9.13. The molecular formula is C20H18N2O8S. The van der Waals surface area contributed by atoms with Crippen LogP contribution < -0.4 is 4.74 Å². The highest BCUT2D eigenvalue weighted by molar-refractivity contribution is 8.18. The van der Waals surface area contributed by atoms with Crippen molar-refractivity contribution in [2.45, 2.75) is 19.9 Å². The number of nitro benzene ring substituents is 1. The van der Waals surface area contributed by atoms with E-state index in [1.165, 1.54) is 38.3 Å². The van der Waals surface area contributed by atoms with Crippen molar-refractivity contribution in [1.82, 2.24) is 4.90 Å². The molecule has 0 saturated carbocycles. The summed E-state index contributed by atoms with van der Waals surface area (Å²) in [7, 11) is 1.38. The van der Waals surface area contributed by atoms with Crippen molar-refractivity contribution in [2.24, 2.45) is 0 Å².